The van der Waals surface area contributed by atoms with Crippen LogP contribution in [0.3, 0.4) is 0 Å². The van der Waals surface area contributed by atoms with Crippen molar-refractivity contribution in [2.75, 3.05) is 27.2 Å². The van der Waals surface area contributed by atoms with Gasteiger partial charge in [0.15, 0.2) is 0 Å². The largest absolute Gasteiger partial charge is 0.326 e. The molecule has 2 N–H and O–H groups in total. The number of hydrogen-bond acceptors (Lipinski definition) is 4. The SMILES string of the molecule is CN(C)C1CCCN(S(=O)(=O)c2ccc(CN)cc2Cl)C1. The number of likely N-dealkylation sites (N-methyl/N-ethyl adjacent to an activating group) is 1. The zero-order valence-corrected chi connectivity index (χ0v) is 14.0. The fourth-order valence-corrected chi connectivity index (χ4v) is 4.64. The summed E-state index contributed by atoms with van der Waals surface area (Å²) < 4.78 is 27.1. The molecule has 1 aromatic rings. The van der Waals surface area contributed by atoms with Gasteiger partial charge in [0.25, 0.3) is 0 Å². The van der Waals surface area contributed by atoms with E-state index in [-0.39, 0.29) is 16.0 Å². The van der Waals surface area contributed by atoms with E-state index in [2.05, 4.69) is 4.90 Å². The molecule has 21 heavy (non-hydrogen) atoms. The molecule has 0 aliphatic carbocycles. The van der Waals surface area contributed by atoms with Crippen LogP contribution in [0.15, 0.2) is 23.1 Å². The van der Waals surface area contributed by atoms with Crippen LogP contribution in [-0.4, -0.2) is 50.8 Å². The highest BCUT2D eigenvalue weighted by atomic mass is 35.5. The van der Waals surface area contributed by atoms with Gasteiger partial charge in [0.2, 0.25) is 10.0 Å². The van der Waals surface area contributed by atoms with Gasteiger partial charge in [-0.25, -0.2) is 8.42 Å². The first-order chi connectivity index (χ1) is 9.86. The highest BCUT2D eigenvalue weighted by molar-refractivity contribution is 7.89. The normalized spacial score (nSPS) is 20.9. The number of sulfonamides is 1. The number of nitrogens with two attached hydrogens (primary N) is 1. The van der Waals surface area contributed by atoms with Gasteiger partial charge < -0.3 is 10.6 Å². The number of piperidine rings is 1. The van der Waals surface area contributed by atoms with E-state index in [1.165, 1.54) is 4.31 Å². The highest BCUT2D eigenvalue weighted by Crippen LogP contribution is 2.28. The third-order valence-electron chi connectivity index (χ3n) is 3.94. The van der Waals surface area contributed by atoms with Crippen LogP contribution in [0.4, 0.5) is 0 Å². The molecule has 1 fully saturated rings. The first kappa shape index (κ1) is 16.7. The fourth-order valence-electron chi connectivity index (χ4n) is 2.58. The first-order valence-corrected chi connectivity index (χ1v) is 8.83. The quantitative estimate of drug-likeness (QED) is 0.908. The number of halogens is 1. The molecule has 1 aliphatic heterocycles. The molecule has 0 bridgehead atoms. The second-order valence-electron chi connectivity index (χ2n) is 5.59. The lowest BCUT2D eigenvalue weighted by Gasteiger charge is -2.35. The van der Waals surface area contributed by atoms with Gasteiger partial charge in [-0.3, -0.25) is 0 Å². The van der Waals surface area contributed by atoms with Crippen molar-refractivity contribution in [3.8, 4) is 0 Å². The summed E-state index contributed by atoms with van der Waals surface area (Å²) in [5.74, 6) is 0. The van der Waals surface area contributed by atoms with E-state index in [1.54, 1.807) is 18.2 Å². The van der Waals surface area contributed by atoms with Gasteiger partial charge in [-0.1, -0.05) is 17.7 Å². The zero-order valence-electron chi connectivity index (χ0n) is 12.4. The van der Waals surface area contributed by atoms with Crippen LogP contribution in [0.1, 0.15) is 18.4 Å². The lowest BCUT2D eigenvalue weighted by Crippen LogP contribution is -2.47. The summed E-state index contributed by atoms with van der Waals surface area (Å²) in [7, 11) is 0.402. The van der Waals surface area contributed by atoms with E-state index < -0.39 is 10.0 Å². The summed E-state index contributed by atoms with van der Waals surface area (Å²) in [6.07, 6.45) is 1.87. The van der Waals surface area contributed by atoms with Crippen LogP contribution in [0.5, 0.6) is 0 Å². The molecule has 1 atom stereocenters. The van der Waals surface area contributed by atoms with Gasteiger partial charge in [-0.2, -0.15) is 4.31 Å². The second kappa shape index (κ2) is 6.62. The molecule has 7 heteroatoms. The van der Waals surface area contributed by atoms with Crippen molar-refractivity contribution >= 4 is 21.6 Å². The molecular weight excluding hydrogens is 310 g/mol. The Morgan fingerprint density at radius 1 is 1.43 bits per heavy atom. The van der Waals surface area contributed by atoms with Crippen molar-refractivity contribution in [3.63, 3.8) is 0 Å². The minimum absolute atomic E-state index is 0.167. The van der Waals surface area contributed by atoms with Gasteiger partial charge in [-0.05, 0) is 44.6 Å². The van der Waals surface area contributed by atoms with E-state index >= 15 is 0 Å². The Labute approximate surface area is 131 Å². The molecular formula is C14H22ClN3O2S. The van der Waals surface area contributed by atoms with Crippen LogP contribution in [0.25, 0.3) is 0 Å². The Balaban J connectivity index is 2.29. The molecule has 0 radical (unpaired) electrons. The van der Waals surface area contributed by atoms with Crippen LogP contribution < -0.4 is 5.73 Å². The molecule has 0 aromatic heterocycles. The lowest BCUT2D eigenvalue weighted by molar-refractivity contribution is 0.190. The van der Waals surface area contributed by atoms with Crippen molar-refractivity contribution in [2.24, 2.45) is 5.73 Å². The number of hydrogen-bond donors (Lipinski definition) is 1. The first-order valence-electron chi connectivity index (χ1n) is 7.01. The maximum Gasteiger partial charge on any atom is 0.244 e. The van der Waals surface area contributed by atoms with Crippen LogP contribution in [0, 0.1) is 0 Å². The summed E-state index contributed by atoms with van der Waals surface area (Å²) in [4.78, 5) is 2.24. The standard InChI is InChI=1S/C14H22ClN3O2S/c1-17(2)12-4-3-7-18(10-12)21(19,20)14-6-5-11(9-16)8-13(14)15/h5-6,8,12H,3-4,7,9-10,16H2,1-2H3. The van der Waals surface area contributed by atoms with Crippen LogP contribution in [-0.2, 0) is 16.6 Å². The summed E-state index contributed by atoms with van der Waals surface area (Å²) in [5, 5.41) is 0.241. The van der Waals surface area contributed by atoms with Gasteiger partial charge in [0, 0.05) is 25.7 Å². The van der Waals surface area contributed by atoms with Crippen LogP contribution in [0.2, 0.25) is 5.02 Å². The Morgan fingerprint density at radius 3 is 2.71 bits per heavy atom. The summed E-state index contributed by atoms with van der Waals surface area (Å²) in [6.45, 7) is 1.39. The Kier molecular flexibility index (Phi) is 5.27. The predicted molar refractivity (Wildman–Crippen MR) is 84.8 cm³/mol. The Hall–Kier alpha value is -0.660. The van der Waals surface area contributed by atoms with Crippen molar-refractivity contribution in [1.29, 1.82) is 0 Å². The van der Waals surface area contributed by atoms with Crippen molar-refractivity contribution in [1.82, 2.24) is 9.21 Å². The zero-order chi connectivity index (χ0) is 15.6. The molecule has 0 spiro atoms. The van der Waals surface area contributed by atoms with Gasteiger partial charge in [0.1, 0.15) is 4.90 Å². The molecule has 1 aromatic carbocycles. The highest BCUT2D eigenvalue weighted by Gasteiger charge is 2.32. The smallest absolute Gasteiger partial charge is 0.244 e. The molecule has 2 rings (SSSR count). The van der Waals surface area contributed by atoms with Crippen molar-refractivity contribution in [2.45, 2.75) is 30.3 Å². The van der Waals surface area contributed by atoms with Crippen molar-refractivity contribution in [3.05, 3.63) is 28.8 Å². The van der Waals surface area contributed by atoms with Gasteiger partial charge >= 0.3 is 0 Å². The number of benzene rings is 1. The Morgan fingerprint density at radius 2 is 2.14 bits per heavy atom. The summed E-state index contributed by atoms with van der Waals surface area (Å²) in [6, 6.07) is 5.14. The molecule has 1 unspecified atom stereocenters. The van der Waals surface area contributed by atoms with E-state index in [1.807, 2.05) is 14.1 Å². The van der Waals surface area contributed by atoms with E-state index in [0.29, 0.717) is 19.6 Å². The average Bonchev–Trinajstić information content (AvgIpc) is 2.46. The number of nitrogens with zero attached hydrogens (tertiary/aromatic N) is 2. The predicted octanol–water partition coefficient (Wildman–Crippen LogP) is 1.51. The van der Waals surface area contributed by atoms with Gasteiger partial charge in [-0.15, -0.1) is 0 Å². The molecule has 1 aliphatic rings. The molecule has 1 heterocycles. The topological polar surface area (TPSA) is 66.6 Å². The minimum Gasteiger partial charge on any atom is -0.326 e. The fraction of sp³-hybridized carbons (Fsp3) is 0.571. The number of rotatable bonds is 4. The van der Waals surface area contributed by atoms with Crippen LogP contribution >= 0.6 is 11.6 Å². The average molecular weight is 332 g/mol. The molecule has 0 saturated carbocycles. The third kappa shape index (κ3) is 3.57. The van der Waals surface area contributed by atoms with Gasteiger partial charge in [0.05, 0.1) is 5.02 Å². The summed E-state index contributed by atoms with van der Waals surface area (Å²) >= 11 is 6.14. The summed E-state index contributed by atoms with van der Waals surface area (Å²) in [5.41, 5.74) is 6.37. The molecule has 5 nitrogen and oxygen atoms in total. The van der Waals surface area contributed by atoms with E-state index in [9.17, 15) is 8.42 Å². The monoisotopic (exact) mass is 331 g/mol. The lowest BCUT2D eigenvalue weighted by atomic mass is 10.1. The Bertz CT molecular complexity index is 604. The second-order valence-corrected chi connectivity index (χ2v) is 7.91. The molecule has 0 amide bonds. The molecule has 118 valence electrons. The van der Waals surface area contributed by atoms with E-state index in [0.717, 1.165) is 18.4 Å². The maximum atomic E-state index is 12.8. The van der Waals surface area contributed by atoms with E-state index in [4.69, 9.17) is 17.3 Å². The minimum atomic E-state index is -3.55. The van der Waals surface area contributed by atoms with Crippen molar-refractivity contribution < 1.29 is 8.42 Å². The molecule has 1 saturated heterocycles. The third-order valence-corrected chi connectivity index (χ3v) is 6.29. The maximum absolute atomic E-state index is 12.8.